The minimum Gasteiger partial charge on any atom is -0.355 e. The Bertz CT molecular complexity index is 695. The number of carbonyl (C=O) groups excluding carboxylic acids is 1. The van der Waals surface area contributed by atoms with Crippen molar-refractivity contribution in [3.8, 4) is 0 Å². The van der Waals surface area contributed by atoms with E-state index in [0.717, 1.165) is 37.2 Å². The standard InChI is InChI=1S/C21H35N5O.2ClH/c1-14-18(15(2)25(3)24-14)7-8-21(27)23-13-20-17-10-16(11-22-12-17)19-6-4-5-9-26(19)20;;/h16-17,19-20,22H,4-13H2,1-3H3,(H,23,27);2*1H/t16-,17+,19+,20+;;/m1../s1. The average molecular weight is 446 g/mol. The van der Waals surface area contributed by atoms with Gasteiger partial charge in [0.15, 0.2) is 0 Å². The summed E-state index contributed by atoms with van der Waals surface area (Å²) in [7, 11) is 1.97. The van der Waals surface area contributed by atoms with E-state index in [9.17, 15) is 4.79 Å². The first kappa shape index (κ1) is 24.4. The van der Waals surface area contributed by atoms with Crippen LogP contribution in [0.25, 0.3) is 0 Å². The third-order valence-corrected chi connectivity index (χ3v) is 7.29. The van der Waals surface area contributed by atoms with Gasteiger partial charge in [0.2, 0.25) is 5.91 Å². The first-order chi connectivity index (χ1) is 13.0. The Labute approximate surface area is 187 Å². The predicted octanol–water partition coefficient (Wildman–Crippen LogP) is 2.39. The first-order valence-electron chi connectivity index (χ1n) is 10.8. The number of fused-ring (bicyclic) bond motifs is 4. The van der Waals surface area contributed by atoms with Gasteiger partial charge in [-0.2, -0.15) is 5.10 Å². The van der Waals surface area contributed by atoms with Crippen molar-refractivity contribution in [3.63, 3.8) is 0 Å². The molecule has 3 saturated heterocycles. The van der Waals surface area contributed by atoms with Gasteiger partial charge in [-0.15, -0.1) is 24.8 Å². The molecule has 4 heterocycles. The van der Waals surface area contributed by atoms with E-state index >= 15 is 0 Å². The molecule has 6 nitrogen and oxygen atoms in total. The molecule has 2 bridgehead atoms. The monoisotopic (exact) mass is 445 g/mol. The Kier molecular flexibility index (Phi) is 8.83. The van der Waals surface area contributed by atoms with Gasteiger partial charge in [0.25, 0.3) is 0 Å². The van der Waals surface area contributed by atoms with Crippen LogP contribution in [-0.2, 0) is 18.3 Å². The predicted molar refractivity (Wildman–Crippen MR) is 121 cm³/mol. The molecule has 1 amide bonds. The van der Waals surface area contributed by atoms with E-state index in [0.29, 0.717) is 18.4 Å². The molecular weight excluding hydrogens is 409 g/mol. The summed E-state index contributed by atoms with van der Waals surface area (Å²) in [5.41, 5.74) is 3.44. The van der Waals surface area contributed by atoms with Gasteiger partial charge in [-0.3, -0.25) is 14.4 Å². The molecule has 0 radical (unpaired) electrons. The highest BCUT2D eigenvalue weighted by molar-refractivity contribution is 5.85. The number of aryl methyl sites for hydroxylation is 2. The normalized spacial score (nSPS) is 28.7. The number of rotatable bonds is 5. The van der Waals surface area contributed by atoms with Crippen molar-refractivity contribution in [1.29, 1.82) is 0 Å². The molecule has 4 atom stereocenters. The van der Waals surface area contributed by atoms with Crippen molar-refractivity contribution in [2.75, 3.05) is 26.2 Å². The Hall–Kier alpha value is -0.820. The minimum absolute atomic E-state index is 0. The number of hydrogen-bond donors (Lipinski definition) is 2. The Morgan fingerprint density at radius 1 is 1.21 bits per heavy atom. The third-order valence-electron chi connectivity index (χ3n) is 7.29. The summed E-state index contributed by atoms with van der Waals surface area (Å²) < 4.78 is 1.91. The van der Waals surface area contributed by atoms with Crippen molar-refractivity contribution in [1.82, 2.24) is 25.3 Å². The minimum atomic E-state index is 0. The number of halogens is 2. The zero-order valence-electron chi connectivity index (χ0n) is 17.9. The maximum atomic E-state index is 12.5. The zero-order chi connectivity index (χ0) is 19.0. The molecule has 166 valence electrons. The highest BCUT2D eigenvalue weighted by atomic mass is 35.5. The van der Waals surface area contributed by atoms with E-state index in [4.69, 9.17) is 0 Å². The van der Waals surface area contributed by atoms with Crippen LogP contribution in [0.5, 0.6) is 0 Å². The topological polar surface area (TPSA) is 62.2 Å². The fourth-order valence-corrected chi connectivity index (χ4v) is 5.77. The lowest BCUT2D eigenvalue weighted by Gasteiger charge is -2.55. The van der Waals surface area contributed by atoms with E-state index in [2.05, 4.69) is 27.6 Å². The van der Waals surface area contributed by atoms with Gasteiger partial charge in [0.1, 0.15) is 0 Å². The molecule has 0 saturated carbocycles. The van der Waals surface area contributed by atoms with Gasteiger partial charge in [-0.25, -0.2) is 0 Å². The van der Waals surface area contributed by atoms with E-state index in [-0.39, 0.29) is 30.7 Å². The number of aromatic nitrogens is 2. The fourth-order valence-electron chi connectivity index (χ4n) is 5.77. The van der Waals surface area contributed by atoms with Gasteiger partial charge in [0, 0.05) is 37.8 Å². The molecule has 1 aromatic heterocycles. The SMILES string of the molecule is Cc1nn(C)c(C)c1CCC(=O)NC[C@H]1[C@@H]2CNC[C@@H](C2)[C@@H]2CCCCN21.Cl.Cl. The second kappa shape index (κ2) is 10.5. The number of hydrogen-bond acceptors (Lipinski definition) is 4. The molecule has 3 fully saturated rings. The van der Waals surface area contributed by atoms with Crippen molar-refractivity contribution < 1.29 is 4.79 Å². The largest absolute Gasteiger partial charge is 0.355 e. The van der Waals surface area contributed by atoms with Gasteiger partial charge in [-0.1, -0.05) is 6.42 Å². The highest BCUT2D eigenvalue weighted by Gasteiger charge is 2.45. The molecule has 8 heteroatoms. The molecule has 0 aromatic carbocycles. The fraction of sp³-hybridized carbons (Fsp3) is 0.810. The number of piperidine rings is 3. The first-order valence-corrected chi connectivity index (χ1v) is 10.8. The van der Waals surface area contributed by atoms with Crippen LogP contribution < -0.4 is 10.6 Å². The van der Waals surface area contributed by atoms with Crippen LogP contribution in [0, 0.1) is 25.7 Å². The highest BCUT2D eigenvalue weighted by Crippen LogP contribution is 2.38. The molecule has 0 spiro atoms. The van der Waals surface area contributed by atoms with Gasteiger partial charge < -0.3 is 10.6 Å². The van der Waals surface area contributed by atoms with Gasteiger partial charge in [0.05, 0.1) is 5.69 Å². The number of carbonyl (C=O) groups is 1. The summed E-state index contributed by atoms with van der Waals surface area (Å²) in [6, 6.07) is 1.23. The van der Waals surface area contributed by atoms with Gasteiger partial charge >= 0.3 is 0 Å². The lowest BCUT2D eigenvalue weighted by Crippen LogP contribution is -2.65. The molecule has 3 aliphatic heterocycles. The third kappa shape index (κ3) is 5.09. The second-order valence-corrected chi connectivity index (χ2v) is 8.86. The Morgan fingerprint density at radius 2 is 1.97 bits per heavy atom. The summed E-state index contributed by atoms with van der Waals surface area (Å²) in [6.07, 6.45) is 6.68. The van der Waals surface area contributed by atoms with Crippen LogP contribution >= 0.6 is 24.8 Å². The zero-order valence-corrected chi connectivity index (χ0v) is 19.6. The maximum Gasteiger partial charge on any atom is 0.220 e. The summed E-state index contributed by atoms with van der Waals surface area (Å²) in [5.74, 6) is 1.67. The Morgan fingerprint density at radius 3 is 2.69 bits per heavy atom. The van der Waals surface area contributed by atoms with Crippen LogP contribution in [-0.4, -0.2) is 58.9 Å². The second-order valence-electron chi connectivity index (χ2n) is 8.86. The summed E-state index contributed by atoms with van der Waals surface area (Å²) in [5, 5.41) is 11.4. The molecule has 2 N–H and O–H groups in total. The van der Waals surface area contributed by atoms with E-state index < -0.39 is 0 Å². The van der Waals surface area contributed by atoms with Crippen LogP contribution in [0.4, 0.5) is 0 Å². The van der Waals surface area contributed by atoms with Crippen LogP contribution in [0.1, 0.15) is 49.1 Å². The van der Waals surface area contributed by atoms with Crippen molar-refractivity contribution >= 4 is 30.7 Å². The summed E-state index contributed by atoms with van der Waals surface area (Å²) in [4.78, 5) is 15.3. The molecule has 0 unspecified atom stereocenters. The smallest absolute Gasteiger partial charge is 0.220 e. The Balaban J connectivity index is 0.00000150. The quantitative estimate of drug-likeness (QED) is 0.729. The number of nitrogens with one attached hydrogen (secondary N) is 2. The average Bonchev–Trinajstić information content (AvgIpc) is 2.92. The van der Waals surface area contributed by atoms with Gasteiger partial charge in [-0.05, 0) is 76.6 Å². The van der Waals surface area contributed by atoms with E-state index in [1.165, 1.54) is 50.0 Å². The van der Waals surface area contributed by atoms with Crippen molar-refractivity contribution in [3.05, 3.63) is 17.0 Å². The molecule has 1 aromatic rings. The van der Waals surface area contributed by atoms with Crippen molar-refractivity contribution in [2.45, 2.75) is 64.5 Å². The van der Waals surface area contributed by atoms with Crippen molar-refractivity contribution in [2.24, 2.45) is 18.9 Å². The summed E-state index contributed by atoms with van der Waals surface area (Å²) >= 11 is 0. The molecule has 3 aliphatic rings. The summed E-state index contributed by atoms with van der Waals surface area (Å²) in [6.45, 7) is 8.42. The van der Waals surface area contributed by atoms with E-state index in [1.807, 2.05) is 18.7 Å². The van der Waals surface area contributed by atoms with Crippen LogP contribution in [0.2, 0.25) is 0 Å². The van der Waals surface area contributed by atoms with Crippen LogP contribution in [0.15, 0.2) is 0 Å². The molecule has 0 aliphatic carbocycles. The maximum absolute atomic E-state index is 12.5. The lowest BCUT2D eigenvalue weighted by molar-refractivity contribution is -0.122. The number of nitrogens with zero attached hydrogens (tertiary/aromatic N) is 3. The molecule has 4 rings (SSSR count). The van der Waals surface area contributed by atoms with E-state index in [1.54, 1.807) is 0 Å². The van der Waals surface area contributed by atoms with Crippen LogP contribution in [0.3, 0.4) is 0 Å². The molecule has 29 heavy (non-hydrogen) atoms. The molecular formula is C21H37Cl2N5O. The lowest BCUT2D eigenvalue weighted by atomic mass is 9.73. The number of amides is 1.